The Morgan fingerprint density at radius 2 is 2.39 bits per heavy atom. The number of hydrogen-bond acceptors (Lipinski definition) is 5. The first kappa shape index (κ1) is 13.4. The van der Waals surface area contributed by atoms with Gasteiger partial charge in [0.05, 0.1) is 6.61 Å². The molecule has 0 radical (unpaired) electrons. The van der Waals surface area contributed by atoms with E-state index in [-0.39, 0.29) is 5.95 Å². The van der Waals surface area contributed by atoms with Crippen LogP contribution in [0.4, 0.5) is 11.8 Å². The molecule has 0 spiro atoms. The fourth-order valence-electron chi connectivity index (χ4n) is 2.28. The minimum absolute atomic E-state index is 0.226. The third-order valence-corrected chi connectivity index (χ3v) is 3.29. The maximum atomic E-state index is 5.91. The maximum Gasteiger partial charge on any atom is 0.223 e. The first-order valence-electron chi connectivity index (χ1n) is 6.31. The number of rotatable bonds is 4. The highest BCUT2D eigenvalue weighted by molar-refractivity contribution is 6.29. The summed E-state index contributed by atoms with van der Waals surface area (Å²) in [5, 5.41) is 0.393. The van der Waals surface area contributed by atoms with Crippen LogP contribution in [0.15, 0.2) is 6.07 Å². The second kappa shape index (κ2) is 6.20. The highest BCUT2D eigenvalue weighted by atomic mass is 35.5. The number of aromatic nitrogens is 2. The molecule has 6 heteroatoms. The van der Waals surface area contributed by atoms with Crippen molar-refractivity contribution in [3.8, 4) is 0 Å². The molecular formula is C12H19ClN4O. The number of piperidine rings is 1. The van der Waals surface area contributed by atoms with E-state index in [2.05, 4.69) is 14.9 Å². The van der Waals surface area contributed by atoms with Crippen molar-refractivity contribution < 1.29 is 4.74 Å². The zero-order chi connectivity index (χ0) is 13.0. The zero-order valence-corrected chi connectivity index (χ0v) is 11.4. The van der Waals surface area contributed by atoms with E-state index in [1.54, 1.807) is 6.07 Å². The van der Waals surface area contributed by atoms with Crippen LogP contribution >= 0.6 is 11.6 Å². The number of hydrogen-bond donors (Lipinski definition) is 1. The fourth-order valence-corrected chi connectivity index (χ4v) is 2.46. The summed E-state index contributed by atoms with van der Waals surface area (Å²) >= 11 is 5.91. The van der Waals surface area contributed by atoms with E-state index < -0.39 is 0 Å². The second-order valence-electron chi connectivity index (χ2n) is 4.52. The number of halogens is 1. The molecule has 2 rings (SSSR count). The average Bonchev–Trinajstić information content (AvgIpc) is 2.35. The first-order chi connectivity index (χ1) is 8.69. The van der Waals surface area contributed by atoms with E-state index in [0.29, 0.717) is 11.1 Å². The topological polar surface area (TPSA) is 64.3 Å². The molecule has 0 bridgehead atoms. The Labute approximate surface area is 112 Å². The standard InChI is InChI=1S/C12H19ClN4O/c1-2-18-8-9-4-3-5-17(7-9)11-6-10(13)15-12(14)16-11/h6,9H,2-5,7-8H2,1H3,(H2,14,15,16). The van der Waals surface area contributed by atoms with E-state index >= 15 is 0 Å². The van der Waals surface area contributed by atoms with Crippen LogP contribution in [0.1, 0.15) is 19.8 Å². The van der Waals surface area contributed by atoms with Crippen LogP contribution in [-0.2, 0) is 4.74 Å². The van der Waals surface area contributed by atoms with E-state index in [4.69, 9.17) is 22.1 Å². The summed E-state index contributed by atoms with van der Waals surface area (Å²) in [4.78, 5) is 10.3. The van der Waals surface area contributed by atoms with Gasteiger partial charge in [0.1, 0.15) is 11.0 Å². The van der Waals surface area contributed by atoms with Gasteiger partial charge in [-0.15, -0.1) is 0 Å². The van der Waals surface area contributed by atoms with Gasteiger partial charge in [-0.2, -0.15) is 4.98 Å². The lowest BCUT2D eigenvalue weighted by Gasteiger charge is -2.33. The van der Waals surface area contributed by atoms with Crippen molar-refractivity contribution in [3.05, 3.63) is 11.2 Å². The summed E-state index contributed by atoms with van der Waals surface area (Å²) in [5.41, 5.74) is 5.62. The van der Waals surface area contributed by atoms with Crippen LogP contribution in [0, 0.1) is 5.92 Å². The molecule has 1 aromatic rings. The summed E-state index contributed by atoms with van der Waals surface area (Å²) in [5.74, 6) is 1.59. The summed E-state index contributed by atoms with van der Waals surface area (Å²) in [6.45, 7) is 5.51. The van der Waals surface area contributed by atoms with Crippen LogP contribution in [-0.4, -0.2) is 36.3 Å². The fraction of sp³-hybridized carbons (Fsp3) is 0.667. The largest absolute Gasteiger partial charge is 0.381 e. The van der Waals surface area contributed by atoms with E-state index in [0.717, 1.165) is 38.5 Å². The van der Waals surface area contributed by atoms with Gasteiger partial charge in [0.15, 0.2) is 0 Å². The highest BCUT2D eigenvalue weighted by Gasteiger charge is 2.21. The van der Waals surface area contributed by atoms with E-state index in [1.165, 1.54) is 6.42 Å². The molecule has 5 nitrogen and oxygen atoms in total. The molecule has 0 saturated carbocycles. The summed E-state index contributed by atoms with van der Waals surface area (Å²) in [7, 11) is 0. The molecule has 1 saturated heterocycles. The zero-order valence-electron chi connectivity index (χ0n) is 10.6. The van der Waals surface area contributed by atoms with E-state index in [9.17, 15) is 0 Å². The number of ether oxygens (including phenoxy) is 1. The Kier molecular flexibility index (Phi) is 4.60. The van der Waals surface area contributed by atoms with Gasteiger partial charge >= 0.3 is 0 Å². The minimum atomic E-state index is 0.226. The first-order valence-corrected chi connectivity index (χ1v) is 6.69. The average molecular weight is 271 g/mol. The van der Waals surface area contributed by atoms with Gasteiger partial charge in [-0.05, 0) is 25.7 Å². The summed E-state index contributed by atoms with van der Waals surface area (Å²) in [6, 6.07) is 1.76. The van der Waals surface area contributed by atoms with Crippen molar-refractivity contribution in [2.24, 2.45) is 5.92 Å². The van der Waals surface area contributed by atoms with E-state index in [1.807, 2.05) is 6.92 Å². The van der Waals surface area contributed by atoms with Gasteiger partial charge in [0, 0.05) is 25.8 Å². The molecule has 1 fully saturated rings. The van der Waals surface area contributed by atoms with Gasteiger partial charge in [-0.1, -0.05) is 11.6 Å². The Balaban J connectivity index is 2.03. The van der Waals surface area contributed by atoms with Crippen LogP contribution < -0.4 is 10.6 Å². The van der Waals surface area contributed by atoms with Crippen molar-refractivity contribution in [3.63, 3.8) is 0 Å². The monoisotopic (exact) mass is 270 g/mol. The van der Waals surface area contributed by atoms with Gasteiger partial charge in [0.2, 0.25) is 5.95 Å². The van der Waals surface area contributed by atoms with Crippen LogP contribution in [0.2, 0.25) is 5.15 Å². The van der Waals surface area contributed by atoms with Crippen LogP contribution in [0.3, 0.4) is 0 Å². The van der Waals surface area contributed by atoms with Gasteiger partial charge in [0.25, 0.3) is 0 Å². The highest BCUT2D eigenvalue weighted by Crippen LogP contribution is 2.24. The Morgan fingerprint density at radius 3 is 3.11 bits per heavy atom. The molecule has 1 aliphatic rings. The molecule has 0 amide bonds. The normalized spacial score (nSPS) is 20.1. The number of nitrogen functional groups attached to an aromatic ring is 1. The van der Waals surface area contributed by atoms with Crippen molar-refractivity contribution >= 4 is 23.4 Å². The second-order valence-corrected chi connectivity index (χ2v) is 4.91. The smallest absolute Gasteiger partial charge is 0.223 e. The number of anilines is 2. The molecule has 100 valence electrons. The summed E-state index contributed by atoms with van der Waals surface area (Å²) < 4.78 is 5.49. The lowest BCUT2D eigenvalue weighted by Crippen LogP contribution is -2.37. The molecule has 2 heterocycles. The Bertz CT molecular complexity index is 381. The molecule has 18 heavy (non-hydrogen) atoms. The van der Waals surface area contributed by atoms with Crippen molar-refractivity contribution in [1.29, 1.82) is 0 Å². The predicted molar refractivity (Wildman–Crippen MR) is 72.9 cm³/mol. The lowest BCUT2D eigenvalue weighted by molar-refractivity contribution is 0.104. The van der Waals surface area contributed by atoms with Crippen molar-refractivity contribution in [1.82, 2.24) is 9.97 Å². The molecule has 2 N–H and O–H groups in total. The molecule has 1 aliphatic heterocycles. The molecule has 0 aromatic carbocycles. The van der Waals surface area contributed by atoms with Crippen LogP contribution in [0.25, 0.3) is 0 Å². The Hall–Kier alpha value is -1.07. The molecule has 0 aliphatic carbocycles. The van der Waals surface area contributed by atoms with Gasteiger partial charge in [-0.25, -0.2) is 4.98 Å². The predicted octanol–water partition coefficient (Wildman–Crippen LogP) is 1.97. The molecule has 1 atom stereocenters. The number of nitrogens with zero attached hydrogens (tertiary/aromatic N) is 3. The third kappa shape index (κ3) is 3.46. The molecule has 1 unspecified atom stereocenters. The maximum absolute atomic E-state index is 5.91. The van der Waals surface area contributed by atoms with Gasteiger partial charge in [-0.3, -0.25) is 0 Å². The Morgan fingerprint density at radius 1 is 1.56 bits per heavy atom. The van der Waals surface area contributed by atoms with Crippen molar-refractivity contribution in [2.45, 2.75) is 19.8 Å². The molecular weight excluding hydrogens is 252 g/mol. The third-order valence-electron chi connectivity index (χ3n) is 3.10. The summed E-state index contributed by atoms with van der Waals surface area (Å²) in [6.07, 6.45) is 2.34. The SMILES string of the molecule is CCOCC1CCCN(c2cc(Cl)nc(N)n2)C1. The number of nitrogens with two attached hydrogens (primary N) is 1. The van der Waals surface area contributed by atoms with Crippen LogP contribution in [0.5, 0.6) is 0 Å². The van der Waals surface area contributed by atoms with Crippen molar-refractivity contribution in [2.75, 3.05) is 36.9 Å². The quantitative estimate of drug-likeness (QED) is 0.848. The van der Waals surface area contributed by atoms with Gasteiger partial charge < -0.3 is 15.4 Å². The lowest BCUT2D eigenvalue weighted by atomic mass is 9.99. The minimum Gasteiger partial charge on any atom is -0.381 e. The molecule has 1 aromatic heterocycles.